The van der Waals surface area contributed by atoms with Crippen LogP contribution in [-0.4, -0.2) is 32.9 Å². The van der Waals surface area contributed by atoms with Crippen molar-refractivity contribution in [2.45, 2.75) is 39.9 Å². The third kappa shape index (κ3) is 3.96. The summed E-state index contributed by atoms with van der Waals surface area (Å²) in [7, 11) is 1.98. The van der Waals surface area contributed by atoms with Gasteiger partial charge in [-0.1, -0.05) is 0 Å². The van der Waals surface area contributed by atoms with Crippen LogP contribution in [0, 0.1) is 0 Å². The summed E-state index contributed by atoms with van der Waals surface area (Å²) in [6.45, 7) is 7.83. The fourth-order valence-corrected chi connectivity index (χ4v) is 2.19. The molecule has 0 amide bonds. The molecule has 0 aliphatic heterocycles. The van der Waals surface area contributed by atoms with E-state index in [-0.39, 0.29) is 0 Å². The van der Waals surface area contributed by atoms with E-state index in [1.807, 2.05) is 22.8 Å². The summed E-state index contributed by atoms with van der Waals surface area (Å²) >= 11 is 8.83. The van der Waals surface area contributed by atoms with Crippen LogP contribution in [0.5, 0.6) is 0 Å². The third-order valence-corrected chi connectivity index (χ3v) is 3.44. The van der Waals surface area contributed by atoms with Crippen molar-refractivity contribution in [3.63, 3.8) is 0 Å². The first kappa shape index (κ1) is 14.4. The number of rotatable bonds is 4. The number of hydrogen-bond donors (Lipinski definition) is 1. The molecule has 4 nitrogen and oxygen atoms in total. The predicted octanol–water partition coefficient (Wildman–Crippen LogP) is 2.38. The zero-order chi connectivity index (χ0) is 13.0. The largest absolute Gasteiger partial charge is 0.360 e. The minimum Gasteiger partial charge on any atom is -0.360 e. The fourth-order valence-electron chi connectivity index (χ4n) is 1.47. The first-order chi connectivity index (χ1) is 7.95. The molecule has 1 N–H and O–H groups in total. The Balaban J connectivity index is 2.70. The lowest BCUT2D eigenvalue weighted by Gasteiger charge is -2.23. The van der Waals surface area contributed by atoms with Gasteiger partial charge in [-0.05, 0) is 48.9 Å². The van der Waals surface area contributed by atoms with Gasteiger partial charge in [0.05, 0.1) is 22.9 Å². The van der Waals surface area contributed by atoms with Crippen LogP contribution < -0.4 is 5.32 Å². The molecule has 1 rings (SSSR count). The van der Waals surface area contributed by atoms with Crippen LogP contribution >= 0.6 is 28.1 Å². The Hall–Kier alpha value is -0.620. The van der Waals surface area contributed by atoms with Crippen molar-refractivity contribution in [3.05, 3.63) is 16.4 Å². The molecule has 0 spiro atoms. The van der Waals surface area contributed by atoms with Crippen LogP contribution in [0.15, 0.2) is 10.7 Å². The Labute approximate surface area is 116 Å². The smallest absolute Gasteiger partial charge is 0.169 e. The number of hydrogen-bond acceptors (Lipinski definition) is 2. The van der Waals surface area contributed by atoms with Crippen LogP contribution in [0.2, 0.25) is 0 Å². The second-order valence-electron chi connectivity index (χ2n) is 4.22. The number of aromatic nitrogens is 2. The summed E-state index contributed by atoms with van der Waals surface area (Å²) < 4.78 is 3.00. The quantitative estimate of drug-likeness (QED) is 0.864. The van der Waals surface area contributed by atoms with E-state index in [9.17, 15) is 0 Å². The summed E-state index contributed by atoms with van der Waals surface area (Å²) in [5, 5.41) is 8.27. The number of nitrogens with zero attached hydrogens (tertiary/aromatic N) is 3. The molecular formula is C11H19BrN4S. The van der Waals surface area contributed by atoms with Crippen molar-refractivity contribution < 1.29 is 0 Å². The highest BCUT2D eigenvalue weighted by atomic mass is 79.9. The minimum absolute atomic E-state index is 0.351. The van der Waals surface area contributed by atoms with Crippen molar-refractivity contribution in [1.29, 1.82) is 0 Å². The van der Waals surface area contributed by atoms with E-state index in [0.717, 1.165) is 28.4 Å². The van der Waals surface area contributed by atoms with Gasteiger partial charge in [-0.15, -0.1) is 0 Å². The summed E-state index contributed by atoms with van der Waals surface area (Å²) in [5.74, 6) is 0. The molecule has 0 aliphatic carbocycles. The first-order valence-corrected chi connectivity index (χ1v) is 6.87. The lowest BCUT2D eigenvalue weighted by atomic mass is 10.4. The van der Waals surface area contributed by atoms with E-state index in [2.05, 4.69) is 47.1 Å². The number of aryl methyl sites for hydroxylation is 1. The van der Waals surface area contributed by atoms with Crippen LogP contribution in [0.25, 0.3) is 0 Å². The summed E-state index contributed by atoms with van der Waals surface area (Å²) in [5.41, 5.74) is 1.14. The Kier molecular flexibility index (Phi) is 5.39. The molecule has 1 heterocycles. The summed E-state index contributed by atoms with van der Waals surface area (Å²) in [6, 6.07) is 0.351. The van der Waals surface area contributed by atoms with E-state index >= 15 is 0 Å². The second-order valence-corrected chi connectivity index (χ2v) is 5.46. The van der Waals surface area contributed by atoms with Gasteiger partial charge in [-0.25, -0.2) is 0 Å². The van der Waals surface area contributed by atoms with Gasteiger partial charge in [-0.2, -0.15) is 5.10 Å². The van der Waals surface area contributed by atoms with Crippen molar-refractivity contribution >= 4 is 33.3 Å². The number of thiocarbonyl (C=S) groups is 1. The molecule has 0 radical (unpaired) electrons. The lowest BCUT2D eigenvalue weighted by molar-refractivity contribution is 0.451. The topological polar surface area (TPSA) is 33.1 Å². The zero-order valence-electron chi connectivity index (χ0n) is 10.7. The van der Waals surface area contributed by atoms with E-state index in [4.69, 9.17) is 12.2 Å². The Morgan fingerprint density at radius 2 is 2.29 bits per heavy atom. The molecule has 0 aromatic carbocycles. The number of nitrogens with one attached hydrogen (secondary N) is 1. The van der Waals surface area contributed by atoms with Crippen molar-refractivity contribution in [1.82, 2.24) is 20.0 Å². The van der Waals surface area contributed by atoms with E-state index in [0.29, 0.717) is 6.04 Å². The SMILES string of the molecule is CCn1ncc(Br)c1CN(C)C(=S)NC(C)C. The molecular weight excluding hydrogens is 300 g/mol. The highest BCUT2D eigenvalue weighted by molar-refractivity contribution is 9.10. The molecule has 0 bridgehead atoms. The summed E-state index contributed by atoms with van der Waals surface area (Å²) in [4.78, 5) is 2.02. The van der Waals surface area contributed by atoms with E-state index in [1.165, 1.54) is 0 Å². The van der Waals surface area contributed by atoms with Crippen molar-refractivity contribution in [2.75, 3.05) is 7.05 Å². The van der Waals surface area contributed by atoms with Gasteiger partial charge in [0.15, 0.2) is 5.11 Å². The Bertz CT molecular complexity index is 389. The number of halogens is 1. The maximum Gasteiger partial charge on any atom is 0.169 e. The van der Waals surface area contributed by atoms with Crippen LogP contribution in [-0.2, 0) is 13.1 Å². The summed E-state index contributed by atoms with van der Waals surface area (Å²) in [6.07, 6.45) is 1.82. The lowest BCUT2D eigenvalue weighted by Crippen LogP contribution is -2.40. The Morgan fingerprint density at radius 1 is 1.65 bits per heavy atom. The highest BCUT2D eigenvalue weighted by Crippen LogP contribution is 2.17. The second kappa shape index (κ2) is 6.35. The van der Waals surface area contributed by atoms with E-state index < -0.39 is 0 Å². The molecule has 0 atom stereocenters. The van der Waals surface area contributed by atoms with Gasteiger partial charge in [-0.3, -0.25) is 4.68 Å². The molecule has 0 unspecified atom stereocenters. The van der Waals surface area contributed by atoms with Crippen LogP contribution in [0.4, 0.5) is 0 Å². The van der Waals surface area contributed by atoms with E-state index in [1.54, 1.807) is 0 Å². The molecule has 96 valence electrons. The molecule has 1 aromatic heterocycles. The highest BCUT2D eigenvalue weighted by Gasteiger charge is 2.12. The van der Waals surface area contributed by atoms with Crippen LogP contribution in [0.1, 0.15) is 26.5 Å². The predicted molar refractivity (Wildman–Crippen MR) is 77.9 cm³/mol. The van der Waals surface area contributed by atoms with Crippen LogP contribution in [0.3, 0.4) is 0 Å². The molecule has 1 aromatic rings. The van der Waals surface area contributed by atoms with Gasteiger partial charge in [0.25, 0.3) is 0 Å². The average Bonchev–Trinajstić information content (AvgIpc) is 2.59. The monoisotopic (exact) mass is 318 g/mol. The molecule has 0 aliphatic rings. The molecule has 17 heavy (non-hydrogen) atoms. The maximum atomic E-state index is 5.32. The van der Waals surface area contributed by atoms with Gasteiger partial charge < -0.3 is 10.2 Å². The van der Waals surface area contributed by atoms with Gasteiger partial charge in [0, 0.05) is 19.6 Å². The van der Waals surface area contributed by atoms with Crippen molar-refractivity contribution in [3.8, 4) is 0 Å². The fraction of sp³-hybridized carbons (Fsp3) is 0.636. The van der Waals surface area contributed by atoms with Gasteiger partial charge >= 0.3 is 0 Å². The molecule has 6 heteroatoms. The molecule has 0 saturated heterocycles. The Morgan fingerprint density at radius 3 is 2.82 bits per heavy atom. The standard InChI is InChI=1S/C11H19BrN4S/c1-5-16-10(9(12)6-13-16)7-15(4)11(17)14-8(2)3/h6,8H,5,7H2,1-4H3,(H,14,17). The maximum absolute atomic E-state index is 5.32. The van der Waals surface area contributed by atoms with Crippen molar-refractivity contribution in [2.24, 2.45) is 0 Å². The average molecular weight is 319 g/mol. The molecule has 0 saturated carbocycles. The molecule has 0 fully saturated rings. The first-order valence-electron chi connectivity index (χ1n) is 5.67. The minimum atomic E-state index is 0.351. The third-order valence-electron chi connectivity index (χ3n) is 2.34. The van der Waals surface area contributed by atoms with Gasteiger partial charge in [0.2, 0.25) is 0 Å². The van der Waals surface area contributed by atoms with Gasteiger partial charge in [0.1, 0.15) is 0 Å². The normalized spacial score (nSPS) is 10.7. The zero-order valence-corrected chi connectivity index (χ0v) is 13.1.